The maximum Gasteiger partial charge on any atom is 0.261 e. The minimum absolute atomic E-state index is 0.520. The Labute approximate surface area is 221 Å². The van der Waals surface area contributed by atoms with E-state index < -0.39 is 0 Å². The summed E-state index contributed by atoms with van der Waals surface area (Å²) in [6.45, 7) is 9.23. The van der Waals surface area contributed by atoms with Crippen molar-refractivity contribution in [2.75, 3.05) is 0 Å². The van der Waals surface area contributed by atoms with Crippen LogP contribution in [0.5, 0.6) is 0 Å². The van der Waals surface area contributed by atoms with Crippen molar-refractivity contribution >= 4 is 0 Å². The second-order valence-electron chi connectivity index (χ2n) is 10.7. The second-order valence-corrected chi connectivity index (χ2v) is 10.7. The molecule has 0 amide bonds. The largest absolute Gasteiger partial charge is 0.261 e. The van der Waals surface area contributed by atoms with Gasteiger partial charge in [0.05, 0.1) is 19.5 Å². The Morgan fingerprint density at radius 1 is 0.694 bits per heavy atom. The van der Waals surface area contributed by atoms with E-state index in [9.17, 15) is 0 Å². The monoisotopic (exact) mass is 487 g/mol. The van der Waals surface area contributed by atoms with Gasteiger partial charge in [-0.2, -0.15) is 0 Å². The predicted molar refractivity (Wildman–Crippen MR) is 155 cm³/mol. The highest BCUT2D eigenvalue weighted by Gasteiger charge is 2.24. The minimum Gasteiger partial charge on any atom is -0.234 e. The summed E-state index contributed by atoms with van der Waals surface area (Å²) in [4.78, 5) is 0. The Bertz CT molecular complexity index is 958. The number of hydrogen-bond acceptors (Lipinski definition) is 0. The fourth-order valence-corrected chi connectivity index (χ4v) is 5.46. The topological polar surface area (TPSA) is 8.81 Å². The van der Waals surface area contributed by atoms with E-state index in [0.29, 0.717) is 5.92 Å². The highest BCUT2D eigenvalue weighted by Crippen LogP contribution is 2.21. The summed E-state index contributed by atoms with van der Waals surface area (Å²) in [7, 11) is 0. The third kappa shape index (κ3) is 9.26. The van der Waals surface area contributed by atoms with Crippen LogP contribution < -0.4 is 4.57 Å². The zero-order chi connectivity index (χ0) is 25.4. The summed E-state index contributed by atoms with van der Waals surface area (Å²) in [6, 6.07) is 22.0. The summed E-state index contributed by atoms with van der Waals surface area (Å²) >= 11 is 0. The van der Waals surface area contributed by atoms with Crippen LogP contribution in [0.1, 0.15) is 120 Å². The molecule has 1 unspecified atom stereocenters. The lowest BCUT2D eigenvalue weighted by Crippen LogP contribution is -2.41. The number of rotatable bonds is 18. The summed E-state index contributed by atoms with van der Waals surface area (Å²) in [5.74, 6) is 2.00. The molecule has 0 bridgehead atoms. The van der Waals surface area contributed by atoms with Gasteiger partial charge in [-0.15, -0.1) is 0 Å². The molecule has 0 aliphatic heterocycles. The van der Waals surface area contributed by atoms with E-state index in [1.54, 1.807) is 0 Å². The van der Waals surface area contributed by atoms with Gasteiger partial charge in [0.1, 0.15) is 11.9 Å². The highest BCUT2D eigenvalue weighted by molar-refractivity contribution is 5.21. The molecule has 0 saturated carbocycles. The molecule has 2 aromatic carbocycles. The molecular weight excluding hydrogens is 436 g/mol. The number of aryl methyl sites for hydroxylation is 1. The van der Waals surface area contributed by atoms with Gasteiger partial charge in [-0.1, -0.05) is 133 Å². The van der Waals surface area contributed by atoms with Gasteiger partial charge in [-0.05, 0) is 36.3 Å². The second kappa shape index (κ2) is 16.4. The van der Waals surface area contributed by atoms with Gasteiger partial charge in [-0.25, -0.2) is 9.13 Å². The number of aromatic nitrogens is 2. The first-order valence-corrected chi connectivity index (χ1v) is 14.9. The molecule has 3 rings (SSSR count). The molecular formula is C34H51N2+. The van der Waals surface area contributed by atoms with Crippen LogP contribution in [0.3, 0.4) is 0 Å². The fourth-order valence-electron chi connectivity index (χ4n) is 5.46. The molecule has 0 radical (unpaired) electrons. The van der Waals surface area contributed by atoms with Crippen LogP contribution in [-0.4, -0.2) is 4.57 Å². The molecule has 2 nitrogen and oxygen atoms in total. The molecule has 2 heteroatoms. The van der Waals surface area contributed by atoms with Crippen LogP contribution in [0.25, 0.3) is 0 Å². The van der Waals surface area contributed by atoms with Gasteiger partial charge < -0.3 is 0 Å². The predicted octanol–water partition coefficient (Wildman–Crippen LogP) is 9.04. The van der Waals surface area contributed by atoms with Crippen molar-refractivity contribution in [3.05, 3.63) is 89.5 Å². The fraction of sp³-hybridized carbons (Fsp3) is 0.559. The Kier molecular flexibility index (Phi) is 12.9. The van der Waals surface area contributed by atoms with Crippen molar-refractivity contribution in [2.45, 2.75) is 123 Å². The van der Waals surface area contributed by atoms with Gasteiger partial charge in [0.25, 0.3) is 5.82 Å². The SMILES string of the molecule is CCCCCCCCCCCCn1cc(CC(C)c2ccccc2)[n+](CCC)c1Cc1ccccc1. The highest BCUT2D eigenvalue weighted by atomic mass is 15.2. The molecule has 1 heterocycles. The molecule has 0 aliphatic rings. The molecule has 196 valence electrons. The minimum atomic E-state index is 0.520. The van der Waals surface area contributed by atoms with Gasteiger partial charge >= 0.3 is 0 Å². The van der Waals surface area contributed by atoms with Crippen LogP contribution in [0, 0.1) is 0 Å². The van der Waals surface area contributed by atoms with Crippen LogP contribution in [0.4, 0.5) is 0 Å². The lowest BCUT2D eigenvalue weighted by Gasteiger charge is -2.11. The standard InChI is InChI=1S/C34H51N2/c1-4-6-7-8-9-10-11-12-13-20-26-35-29-33(27-30(3)32-23-18-15-19-24-32)36(25-5-2)34(35)28-31-21-16-14-17-22-31/h14-19,21-24,29-30H,4-13,20,25-28H2,1-3H3/q+1. The molecule has 0 fully saturated rings. The van der Waals surface area contributed by atoms with Gasteiger partial charge in [0.2, 0.25) is 0 Å². The molecule has 1 atom stereocenters. The lowest BCUT2D eigenvalue weighted by atomic mass is 9.96. The van der Waals surface area contributed by atoms with E-state index in [1.165, 1.54) is 93.3 Å². The first kappa shape index (κ1) is 28.2. The van der Waals surface area contributed by atoms with Crippen LogP contribution in [0.15, 0.2) is 66.9 Å². The summed E-state index contributed by atoms with van der Waals surface area (Å²) in [5, 5.41) is 0. The molecule has 0 aliphatic carbocycles. The lowest BCUT2D eigenvalue weighted by molar-refractivity contribution is -0.710. The quantitative estimate of drug-likeness (QED) is 0.125. The third-order valence-corrected chi connectivity index (χ3v) is 7.58. The maximum atomic E-state index is 2.64. The zero-order valence-corrected chi connectivity index (χ0v) is 23.4. The van der Waals surface area contributed by atoms with Crippen molar-refractivity contribution < 1.29 is 4.57 Å². The molecule has 0 spiro atoms. The Balaban J connectivity index is 1.65. The zero-order valence-electron chi connectivity index (χ0n) is 23.4. The summed E-state index contributed by atoms with van der Waals surface area (Å²) < 4.78 is 5.24. The number of nitrogens with zero attached hydrogens (tertiary/aromatic N) is 2. The number of unbranched alkanes of at least 4 members (excludes halogenated alkanes) is 9. The van der Waals surface area contributed by atoms with E-state index in [2.05, 4.69) is 96.8 Å². The Hall–Kier alpha value is -2.35. The van der Waals surface area contributed by atoms with E-state index >= 15 is 0 Å². The van der Waals surface area contributed by atoms with Crippen molar-refractivity contribution in [3.63, 3.8) is 0 Å². The number of hydrogen-bond donors (Lipinski definition) is 0. The van der Waals surface area contributed by atoms with Crippen LogP contribution in [-0.2, 0) is 25.9 Å². The molecule has 0 N–H and O–H groups in total. The average Bonchev–Trinajstić information content (AvgIpc) is 3.21. The van der Waals surface area contributed by atoms with Crippen molar-refractivity contribution in [1.29, 1.82) is 0 Å². The van der Waals surface area contributed by atoms with Crippen molar-refractivity contribution in [2.24, 2.45) is 0 Å². The smallest absolute Gasteiger partial charge is 0.234 e. The van der Waals surface area contributed by atoms with Crippen LogP contribution >= 0.6 is 0 Å². The Morgan fingerprint density at radius 3 is 1.89 bits per heavy atom. The summed E-state index contributed by atoms with van der Waals surface area (Å²) in [5.41, 5.74) is 4.34. The first-order valence-electron chi connectivity index (χ1n) is 14.9. The van der Waals surface area contributed by atoms with E-state index in [1.807, 2.05) is 0 Å². The van der Waals surface area contributed by atoms with Crippen molar-refractivity contribution in [1.82, 2.24) is 4.57 Å². The average molecular weight is 488 g/mol. The van der Waals surface area contributed by atoms with Gasteiger partial charge in [0.15, 0.2) is 0 Å². The van der Waals surface area contributed by atoms with Gasteiger partial charge in [-0.3, -0.25) is 0 Å². The number of benzene rings is 2. The van der Waals surface area contributed by atoms with Crippen LogP contribution in [0.2, 0.25) is 0 Å². The van der Waals surface area contributed by atoms with E-state index in [-0.39, 0.29) is 0 Å². The molecule has 3 aromatic rings. The van der Waals surface area contributed by atoms with Crippen molar-refractivity contribution in [3.8, 4) is 0 Å². The normalized spacial score (nSPS) is 12.2. The first-order chi connectivity index (χ1) is 17.7. The number of imidazole rings is 1. The van der Waals surface area contributed by atoms with E-state index in [4.69, 9.17) is 0 Å². The maximum absolute atomic E-state index is 2.64. The summed E-state index contributed by atoms with van der Waals surface area (Å²) in [6.07, 6.45) is 19.6. The van der Waals surface area contributed by atoms with Gasteiger partial charge in [0, 0.05) is 6.42 Å². The molecule has 1 aromatic heterocycles. The third-order valence-electron chi connectivity index (χ3n) is 7.58. The molecule has 0 saturated heterocycles. The Morgan fingerprint density at radius 2 is 1.28 bits per heavy atom. The van der Waals surface area contributed by atoms with E-state index in [0.717, 1.165) is 25.9 Å². The molecule has 36 heavy (non-hydrogen) atoms.